The van der Waals surface area contributed by atoms with E-state index in [1.165, 1.54) is 38.4 Å². The lowest BCUT2D eigenvalue weighted by Gasteiger charge is -2.36. The van der Waals surface area contributed by atoms with E-state index in [-0.39, 0.29) is 24.1 Å². The first-order valence-electron chi connectivity index (χ1n) is 13.2. The van der Waals surface area contributed by atoms with E-state index in [1.807, 2.05) is 6.07 Å². The number of nitrogens with zero attached hydrogens (tertiary/aromatic N) is 3. The number of hydrogen-bond acceptors (Lipinski definition) is 8. The molecule has 0 saturated carbocycles. The highest BCUT2D eigenvalue weighted by Crippen LogP contribution is 2.40. The predicted octanol–water partition coefficient (Wildman–Crippen LogP) is 4.73. The van der Waals surface area contributed by atoms with Crippen molar-refractivity contribution in [3.05, 3.63) is 76.9 Å². The number of methoxy groups -OCH3 is 3. The Morgan fingerprint density at radius 3 is 1.98 bits per heavy atom. The number of carbonyl (C=O) groups excluding carboxylic acids is 2. The molecule has 0 radical (unpaired) electrons. The number of alkyl halides is 3. The van der Waals surface area contributed by atoms with Crippen molar-refractivity contribution in [3.63, 3.8) is 0 Å². The zero-order valence-corrected chi connectivity index (χ0v) is 23.4. The van der Waals surface area contributed by atoms with E-state index in [2.05, 4.69) is 14.5 Å². The van der Waals surface area contributed by atoms with Gasteiger partial charge in [0.2, 0.25) is 5.75 Å². The zero-order valence-electron chi connectivity index (χ0n) is 23.4. The van der Waals surface area contributed by atoms with Crippen molar-refractivity contribution in [3.8, 4) is 23.0 Å². The SMILES string of the molecule is COc1cc(CN2C(=O)c3cccc(N4CCN(Cc5ccc(OC(F)(F)F)cc5)CC4)c3C2=O)cc(OC)c1OC. The van der Waals surface area contributed by atoms with Crippen molar-refractivity contribution in [1.29, 1.82) is 0 Å². The molecule has 3 aromatic carbocycles. The van der Waals surface area contributed by atoms with Gasteiger partial charge in [-0.3, -0.25) is 19.4 Å². The number of halogens is 3. The molecule has 5 rings (SSSR count). The minimum Gasteiger partial charge on any atom is -0.493 e. The number of imide groups is 1. The Labute approximate surface area is 240 Å². The van der Waals surface area contributed by atoms with Crippen LogP contribution in [0.25, 0.3) is 0 Å². The highest BCUT2D eigenvalue weighted by Gasteiger charge is 2.39. The Balaban J connectivity index is 1.27. The molecular weight excluding hydrogens is 555 g/mol. The lowest BCUT2D eigenvalue weighted by molar-refractivity contribution is -0.274. The second-order valence-electron chi connectivity index (χ2n) is 9.88. The van der Waals surface area contributed by atoms with E-state index in [0.717, 1.165) is 5.56 Å². The number of piperazine rings is 1. The Bertz CT molecular complexity index is 1450. The van der Waals surface area contributed by atoms with Gasteiger partial charge < -0.3 is 23.8 Å². The lowest BCUT2D eigenvalue weighted by atomic mass is 10.1. The molecule has 2 aliphatic rings. The molecule has 2 heterocycles. The Hall–Kier alpha value is -4.45. The zero-order chi connectivity index (χ0) is 30.0. The van der Waals surface area contributed by atoms with Gasteiger partial charge in [0.05, 0.1) is 44.7 Å². The first-order valence-corrected chi connectivity index (χ1v) is 13.2. The summed E-state index contributed by atoms with van der Waals surface area (Å²) in [6, 6.07) is 14.5. The first kappa shape index (κ1) is 29.1. The topological polar surface area (TPSA) is 80.8 Å². The Morgan fingerprint density at radius 1 is 0.762 bits per heavy atom. The number of anilines is 1. The van der Waals surface area contributed by atoms with E-state index in [1.54, 1.807) is 36.4 Å². The summed E-state index contributed by atoms with van der Waals surface area (Å²) in [7, 11) is 4.50. The summed E-state index contributed by atoms with van der Waals surface area (Å²) in [6.45, 7) is 3.15. The standard InChI is InChI=1S/C30H30F3N3O6/c1-39-24-15-20(16-25(40-2)27(24)41-3)18-36-28(37)22-5-4-6-23(26(22)29(36)38)35-13-11-34(12-14-35)17-19-7-9-21(10-8-19)42-30(31,32)33/h4-10,15-16H,11-14,17-18H2,1-3H3. The molecule has 2 aliphatic heterocycles. The number of amides is 2. The van der Waals surface area contributed by atoms with Crippen LogP contribution in [0.5, 0.6) is 23.0 Å². The van der Waals surface area contributed by atoms with Crippen LogP contribution >= 0.6 is 0 Å². The normalized spacial score (nSPS) is 15.6. The number of benzene rings is 3. The monoisotopic (exact) mass is 585 g/mol. The fourth-order valence-corrected chi connectivity index (χ4v) is 5.33. The van der Waals surface area contributed by atoms with Crippen molar-refractivity contribution in [2.24, 2.45) is 0 Å². The van der Waals surface area contributed by atoms with Gasteiger partial charge >= 0.3 is 6.36 Å². The average Bonchev–Trinajstić information content (AvgIpc) is 3.22. The van der Waals surface area contributed by atoms with Gasteiger partial charge in [-0.25, -0.2) is 0 Å². The van der Waals surface area contributed by atoms with Crippen molar-refractivity contribution < 1.29 is 41.7 Å². The molecular formula is C30H30F3N3O6. The maximum absolute atomic E-state index is 13.6. The Kier molecular flexibility index (Phi) is 8.17. The van der Waals surface area contributed by atoms with Crippen LogP contribution in [0.4, 0.5) is 18.9 Å². The molecule has 1 saturated heterocycles. The number of ether oxygens (including phenoxy) is 4. The first-order chi connectivity index (χ1) is 20.1. The van der Waals surface area contributed by atoms with Crippen molar-refractivity contribution in [1.82, 2.24) is 9.80 Å². The minimum atomic E-state index is -4.73. The average molecular weight is 586 g/mol. The second kappa shape index (κ2) is 11.8. The summed E-state index contributed by atoms with van der Waals surface area (Å²) >= 11 is 0. The van der Waals surface area contributed by atoms with Gasteiger partial charge in [-0.1, -0.05) is 18.2 Å². The molecule has 0 atom stereocenters. The van der Waals surface area contributed by atoms with Crippen LogP contribution in [-0.4, -0.2) is 75.5 Å². The summed E-state index contributed by atoms with van der Waals surface area (Å²) in [4.78, 5) is 32.5. The Morgan fingerprint density at radius 2 is 1.40 bits per heavy atom. The molecule has 3 aromatic rings. The molecule has 0 N–H and O–H groups in total. The third-order valence-corrected chi connectivity index (χ3v) is 7.32. The molecule has 0 bridgehead atoms. The van der Waals surface area contributed by atoms with E-state index in [0.29, 0.717) is 72.4 Å². The summed E-state index contributed by atoms with van der Waals surface area (Å²) in [5.74, 6) is 0.262. The molecule has 2 amide bonds. The molecule has 0 unspecified atom stereocenters. The summed E-state index contributed by atoms with van der Waals surface area (Å²) < 4.78 is 57.4. The van der Waals surface area contributed by atoms with Crippen molar-refractivity contribution >= 4 is 17.5 Å². The van der Waals surface area contributed by atoms with Crippen LogP contribution in [0.2, 0.25) is 0 Å². The second-order valence-corrected chi connectivity index (χ2v) is 9.88. The van der Waals surface area contributed by atoms with E-state index in [4.69, 9.17) is 14.2 Å². The van der Waals surface area contributed by atoms with Crippen LogP contribution < -0.4 is 23.8 Å². The van der Waals surface area contributed by atoms with E-state index >= 15 is 0 Å². The van der Waals surface area contributed by atoms with Gasteiger partial charge in [0.15, 0.2) is 11.5 Å². The maximum atomic E-state index is 13.6. The fourth-order valence-electron chi connectivity index (χ4n) is 5.33. The van der Waals surface area contributed by atoms with Gasteiger partial charge in [0.1, 0.15) is 5.75 Å². The highest BCUT2D eigenvalue weighted by atomic mass is 19.4. The van der Waals surface area contributed by atoms with Crippen molar-refractivity contribution in [2.45, 2.75) is 19.5 Å². The molecule has 12 heteroatoms. The molecule has 0 spiro atoms. The van der Waals surface area contributed by atoms with E-state index < -0.39 is 6.36 Å². The number of hydrogen-bond donors (Lipinski definition) is 0. The van der Waals surface area contributed by atoms with Crippen molar-refractivity contribution in [2.75, 3.05) is 52.4 Å². The fraction of sp³-hybridized carbons (Fsp3) is 0.333. The maximum Gasteiger partial charge on any atom is 0.573 e. The molecule has 0 aliphatic carbocycles. The molecule has 0 aromatic heterocycles. The smallest absolute Gasteiger partial charge is 0.493 e. The summed E-state index contributed by atoms with van der Waals surface area (Å²) in [6.07, 6.45) is -4.73. The van der Waals surface area contributed by atoms with Crippen LogP contribution in [0.15, 0.2) is 54.6 Å². The van der Waals surface area contributed by atoms with Gasteiger partial charge in [0, 0.05) is 32.7 Å². The quantitative estimate of drug-likeness (QED) is 0.334. The third kappa shape index (κ3) is 5.94. The lowest BCUT2D eigenvalue weighted by Crippen LogP contribution is -2.46. The van der Waals surface area contributed by atoms with Crippen LogP contribution in [0.3, 0.4) is 0 Å². The molecule has 42 heavy (non-hydrogen) atoms. The van der Waals surface area contributed by atoms with Crippen LogP contribution in [0, 0.1) is 0 Å². The van der Waals surface area contributed by atoms with Crippen LogP contribution in [0.1, 0.15) is 31.8 Å². The molecule has 9 nitrogen and oxygen atoms in total. The minimum absolute atomic E-state index is 0.0308. The number of rotatable bonds is 9. The summed E-state index contributed by atoms with van der Waals surface area (Å²) in [5.41, 5.74) is 2.94. The predicted molar refractivity (Wildman–Crippen MR) is 147 cm³/mol. The molecule has 222 valence electrons. The third-order valence-electron chi connectivity index (χ3n) is 7.32. The van der Waals surface area contributed by atoms with Gasteiger partial charge in [-0.15, -0.1) is 13.2 Å². The summed E-state index contributed by atoms with van der Waals surface area (Å²) in [5, 5.41) is 0. The number of carbonyl (C=O) groups is 2. The van der Waals surface area contributed by atoms with Crippen LogP contribution in [-0.2, 0) is 13.1 Å². The van der Waals surface area contributed by atoms with E-state index in [9.17, 15) is 22.8 Å². The van der Waals surface area contributed by atoms with Gasteiger partial charge in [-0.2, -0.15) is 0 Å². The molecule has 1 fully saturated rings. The largest absolute Gasteiger partial charge is 0.573 e. The van der Waals surface area contributed by atoms with Gasteiger partial charge in [0.25, 0.3) is 11.8 Å². The highest BCUT2D eigenvalue weighted by molar-refractivity contribution is 6.23. The number of fused-ring (bicyclic) bond motifs is 1. The van der Waals surface area contributed by atoms with Gasteiger partial charge in [-0.05, 0) is 47.5 Å².